The van der Waals surface area contributed by atoms with Gasteiger partial charge in [-0.3, -0.25) is 0 Å². The Morgan fingerprint density at radius 2 is 1.88 bits per heavy atom. The van der Waals surface area contributed by atoms with Crippen LogP contribution in [-0.4, -0.2) is 32.1 Å². The first-order valence-electron chi connectivity index (χ1n) is 8.51. The summed E-state index contributed by atoms with van der Waals surface area (Å²) in [4.78, 5) is 16.2. The molecule has 0 spiro atoms. The summed E-state index contributed by atoms with van der Waals surface area (Å²) >= 11 is 0. The lowest BCUT2D eigenvalue weighted by Crippen LogP contribution is -2.38. The van der Waals surface area contributed by atoms with E-state index in [9.17, 15) is 9.18 Å². The molecular weight excluding hydrogens is 317 g/mol. The van der Waals surface area contributed by atoms with Crippen LogP contribution in [0.4, 0.5) is 14.9 Å². The molecule has 132 valence electrons. The fraction of sp³-hybridized carbons (Fsp3) is 0.350. The molecule has 2 amide bonds. The highest BCUT2D eigenvalue weighted by atomic mass is 19.1. The number of carbonyl (C=O) groups is 1. The fourth-order valence-electron chi connectivity index (χ4n) is 3.26. The van der Waals surface area contributed by atoms with Gasteiger partial charge in [0, 0.05) is 33.4 Å². The Balaban J connectivity index is 1.61. The number of halogens is 1. The SMILES string of the molecule is CN(Cc1ccc(N(C)C)cc1)C(=O)NC1CCc2c(F)cccc21. The molecule has 4 nitrogen and oxygen atoms in total. The van der Waals surface area contributed by atoms with Gasteiger partial charge in [-0.15, -0.1) is 0 Å². The average molecular weight is 341 g/mol. The number of urea groups is 1. The number of nitrogens with zero attached hydrogens (tertiary/aromatic N) is 2. The lowest BCUT2D eigenvalue weighted by atomic mass is 10.1. The molecule has 2 aromatic rings. The van der Waals surface area contributed by atoms with Crippen molar-refractivity contribution in [2.45, 2.75) is 25.4 Å². The summed E-state index contributed by atoms with van der Waals surface area (Å²) in [5.74, 6) is -0.177. The number of hydrogen-bond acceptors (Lipinski definition) is 2. The number of rotatable bonds is 4. The number of amides is 2. The summed E-state index contributed by atoms with van der Waals surface area (Å²) in [6.45, 7) is 0.530. The molecule has 1 N–H and O–H groups in total. The van der Waals surface area contributed by atoms with E-state index >= 15 is 0 Å². The molecule has 0 aromatic heterocycles. The predicted octanol–water partition coefficient (Wildman–Crippen LogP) is 3.72. The topological polar surface area (TPSA) is 35.6 Å². The molecule has 1 aliphatic carbocycles. The largest absolute Gasteiger partial charge is 0.378 e. The third kappa shape index (κ3) is 3.76. The summed E-state index contributed by atoms with van der Waals surface area (Å²) in [6.07, 6.45) is 1.41. The van der Waals surface area contributed by atoms with Gasteiger partial charge >= 0.3 is 6.03 Å². The first-order chi connectivity index (χ1) is 12.0. The molecular formula is C20H24FN3O. The fourth-order valence-corrected chi connectivity index (χ4v) is 3.26. The predicted molar refractivity (Wildman–Crippen MR) is 98.2 cm³/mol. The van der Waals surface area contributed by atoms with Crippen LogP contribution in [0.1, 0.15) is 29.2 Å². The minimum atomic E-state index is -0.177. The minimum Gasteiger partial charge on any atom is -0.378 e. The van der Waals surface area contributed by atoms with Crippen LogP contribution in [0.3, 0.4) is 0 Å². The van der Waals surface area contributed by atoms with Crippen molar-refractivity contribution in [1.82, 2.24) is 10.2 Å². The van der Waals surface area contributed by atoms with Gasteiger partial charge in [-0.25, -0.2) is 9.18 Å². The van der Waals surface area contributed by atoms with Crippen molar-refractivity contribution < 1.29 is 9.18 Å². The summed E-state index contributed by atoms with van der Waals surface area (Å²) < 4.78 is 13.8. The van der Waals surface area contributed by atoms with Gasteiger partial charge in [0.15, 0.2) is 0 Å². The summed E-state index contributed by atoms with van der Waals surface area (Å²) in [6, 6.07) is 13.0. The van der Waals surface area contributed by atoms with Crippen molar-refractivity contribution in [2.75, 3.05) is 26.0 Å². The van der Waals surface area contributed by atoms with Crippen molar-refractivity contribution in [3.63, 3.8) is 0 Å². The smallest absolute Gasteiger partial charge is 0.317 e. The van der Waals surface area contributed by atoms with Crippen molar-refractivity contribution in [2.24, 2.45) is 0 Å². The number of anilines is 1. The lowest BCUT2D eigenvalue weighted by molar-refractivity contribution is 0.202. The molecule has 25 heavy (non-hydrogen) atoms. The molecule has 0 heterocycles. The van der Waals surface area contributed by atoms with Gasteiger partial charge in [0.2, 0.25) is 0 Å². The maximum absolute atomic E-state index is 13.8. The number of nitrogens with one attached hydrogen (secondary N) is 1. The zero-order chi connectivity index (χ0) is 18.0. The van der Waals surface area contributed by atoms with E-state index in [1.807, 2.05) is 49.3 Å². The molecule has 2 aromatic carbocycles. The number of fused-ring (bicyclic) bond motifs is 1. The van der Waals surface area contributed by atoms with Crippen LogP contribution in [0.25, 0.3) is 0 Å². The summed E-state index contributed by atoms with van der Waals surface area (Å²) in [5, 5.41) is 3.02. The van der Waals surface area contributed by atoms with Crippen LogP contribution in [0, 0.1) is 5.82 Å². The molecule has 1 atom stereocenters. The third-order valence-electron chi connectivity index (χ3n) is 4.73. The Labute approximate surface area is 148 Å². The van der Waals surface area contributed by atoms with Crippen LogP contribution in [-0.2, 0) is 13.0 Å². The Morgan fingerprint density at radius 1 is 1.16 bits per heavy atom. The summed E-state index contributed by atoms with van der Waals surface area (Å²) in [5.41, 5.74) is 3.83. The molecule has 1 aliphatic rings. The zero-order valence-electron chi connectivity index (χ0n) is 14.9. The van der Waals surface area contributed by atoms with E-state index in [0.717, 1.165) is 28.8 Å². The van der Waals surface area contributed by atoms with Gasteiger partial charge in [0.1, 0.15) is 5.82 Å². The maximum atomic E-state index is 13.8. The van der Waals surface area contributed by atoms with Crippen molar-refractivity contribution in [1.29, 1.82) is 0 Å². The van der Waals surface area contributed by atoms with E-state index in [4.69, 9.17) is 0 Å². The molecule has 0 saturated heterocycles. The van der Waals surface area contributed by atoms with E-state index < -0.39 is 0 Å². The molecule has 0 saturated carbocycles. The van der Waals surface area contributed by atoms with Crippen molar-refractivity contribution in [3.05, 3.63) is 65.0 Å². The molecule has 3 rings (SSSR count). The lowest BCUT2D eigenvalue weighted by Gasteiger charge is -2.22. The third-order valence-corrected chi connectivity index (χ3v) is 4.73. The van der Waals surface area contributed by atoms with Crippen LogP contribution >= 0.6 is 0 Å². The number of benzene rings is 2. The number of hydrogen-bond donors (Lipinski definition) is 1. The Bertz CT molecular complexity index is 758. The van der Waals surface area contributed by atoms with Crippen LogP contribution < -0.4 is 10.2 Å². The van der Waals surface area contributed by atoms with Gasteiger partial charge in [-0.1, -0.05) is 24.3 Å². The van der Waals surface area contributed by atoms with Gasteiger partial charge in [0.05, 0.1) is 6.04 Å². The highest BCUT2D eigenvalue weighted by molar-refractivity contribution is 5.74. The molecule has 5 heteroatoms. The molecule has 1 unspecified atom stereocenters. The van der Waals surface area contributed by atoms with Crippen molar-refractivity contribution >= 4 is 11.7 Å². The standard InChI is InChI=1S/C20H24FN3O/c1-23(2)15-9-7-14(8-10-15)13-24(3)20(25)22-19-12-11-16-17(19)5-4-6-18(16)21/h4-10,19H,11-13H2,1-3H3,(H,22,25). The zero-order valence-corrected chi connectivity index (χ0v) is 14.9. The first-order valence-corrected chi connectivity index (χ1v) is 8.51. The van der Waals surface area contributed by atoms with Crippen LogP contribution in [0.5, 0.6) is 0 Å². The van der Waals surface area contributed by atoms with Gasteiger partial charge in [-0.2, -0.15) is 0 Å². The molecule has 0 radical (unpaired) electrons. The Kier molecular flexibility index (Phi) is 4.93. The minimum absolute atomic E-state index is 0.114. The molecule has 0 bridgehead atoms. The van der Waals surface area contributed by atoms with E-state index in [-0.39, 0.29) is 17.9 Å². The second-order valence-electron chi connectivity index (χ2n) is 6.77. The Hall–Kier alpha value is -2.56. The van der Waals surface area contributed by atoms with E-state index in [0.29, 0.717) is 13.0 Å². The number of carbonyl (C=O) groups excluding carboxylic acids is 1. The normalized spacial score (nSPS) is 15.6. The molecule has 0 aliphatic heterocycles. The van der Waals surface area contributed by atoms with Gasteiger partial charge in [-0.05, 0) is 47.7 Å². The summed E-state index contributed by atoms with van der Waals surface area (Å²) in [7, 11) is 5.77. The second kappa shape index (κ2) is 7.13. The van der Waals surface area contributed by atoms with E-state index in [1.54, 1.807) is 18.0 Å². The monoisotopic (exact) mass is 341 g/mol. The highest BCUT2D eigenvalue weighted by Crippen LogP contribution is 2.32. The average Bonchev–Trinajstić information content (AvgIpc) is 2.99. The second-order valence-corrected chi connectivity index (χ2v) is 6.77. The van der Waals surface area contributed by atoms with Gasteiger partial charge in [0.25, 0.3) is 0 Å². The van der Waals surface area contributed by atoms with E-state index in [1.165, 1.54) is 6.07 Å². The van der Waals surface area contributed by atoms with E-state index in [2.05, 4.69) is 5.32 Å². The first kappa shape index (κ1) is 17.3. The maximum Gasteiger partial charge on any atom is 0.317 e. The molecule has 0 fully saturated rings. The quantitative estimate of drug-likeness (QED) is 0.920. The van der Waals surface area contributed by atoms with Gasteiger partial charge < -0.3 is 15.1 Å². The van der Waals surface area contributed by atoms with Crippen LogP contribution in [0.15, 0.2) is 42.5 Å². The Morgan fingerprint density at radius 3 is 2.56 bits per heavy atom. The van der Waals surface area contributed by atoms with Crippen LogP contribution in [0.2, 0.25) is 0 Å². The highest BCUT2D eigenvalue weighted by Gasteiger charge is 2.26. The van der Waals surface area contributed by atoms with Crippen molar-refractivity contribution in [3.8, 4) is 0 Å².